The number of nitrogens with zero attached hydrogens (tertiary/aromatic N) is 5. The molecular weight excluding hydrogens is 545 g/mol. The fourth-order valence-corrected chi connectivity index (χ4v) is 5.96. The summed E-state index contributed by atoms with van der Waals surface area (Å²) in [6.07, 6.45) is -0.953. The van der Waals surface area contributed by atoms with Gasteiger partial charge in [0.15, 0.2) is 11.5 Å². The van der Waals surface area contributed by atoms with Crippen LogP contribution in [0.3, 0.4) is 0 Å². The molecule has 3 aromatic heterocycles. The second kappa shape index (κ2) is 10.5. The Morgan fingerprint density at radius 1 is 1.21 bits per heavy atom. The highest BCUT2D eigenvalue weighted by atomic mass is 32.7. The van der Waals surface area contributed by atoms with Gasteiger partial charge in [0.1, 0.15) is 42.6 Å². The Balaban J connectivity index is 1.22. The molecule has 38 heavy (non-hydrogen) atoms. The molecular formula is C20H26N7O9PS. The first kappa shape index (κ1) is 27.0. The van der Waals surface area contributed by atoms with Gasteiger partial charge < -0.3 is 25.4 Å². The van der Waals surface area contributed by atoms with Crippen molar-refractivity contribution < 1.29 is 33.3 Å². The maximum atomic E-state index is 13.0. The van der Waals surface area contributed by atoms with E-state index >= 15 is 0 Å². The largest absolute Gasteiger partial charge is 0.394 e. The highest BCUT2D eigenvalue weighted by molar-refractivity contribution is 8.44. The first-order valence-electron chi connectivity index (χ1n) is 11.6. The number of fused-ring (bicyclic) bond motifs is 1. The summed E-state index contributed by atoms with van der Waals surface area (Å²) in [6.45, 7) is -3.32. The number of aromatic nitrogens is 6. The average molecular weight is 572 g/mol. The Kier molecular flexibility index (Phi) is 7.45. The molecule has 5 heterocycles. The van der Waals surface area contributed by atoms with Crippen molar-refractivity contribution in [3.8, 4) is 0 Å². The summed E-state index contributed by atoms with van der Waals surface area (Å²) in [5.74, 6) is 0.209. The van der Waals surface area contributed by atoms with Gasteiger partial charge in [-0.25, -0.2) is 24.3 Å². The van der Waals surface area contributed by atoms with Crippen LogP contribution in [0, 0.1) is 6.92 Å². The predicted octanol–water partition coefficient (Wildman–Crippen LogP) is -0.365. The highest BCUT2D eigenvalue weighted by Crippen LogP contribution is 2.56. The second-order valence-electron chi connectivity index (χ2n) is 8.95. The molecule has 0 bridgehead atoms. The highest BCUT2D eigenvalue weighted by Gasteiger charge is 2.42. The topological polar surface area (TPSA) is 219 Å². The first-order chi connectivity index (χ1) is 18.1. The van der Waals surface area contributed by atoms with E-state index in [0.29, 0.717) is 11.2 Å². The third kappa shape index (κ3) is 5.28. The van der Waals surface area contributed by atoms with Crippen molar-refractivity contribution in [2.24, 2.45) is 0 Å². The smallest absolute Gasteiger partial charge is 0.386 e. The summed E-state index contributed by atoms with van der Waals surface area (Å²) in [5, 5.41) is 20.2. The molecule has 0 aromatic carbocycles. The van der Waals surface area contributed by atoms with Gasteiger partial charge in [0.25, 0.3) is 5.56 Å². The molecule has 1 unspecified atom stereocenters. The summed E-state index contributed by atoms with van der Waals surface area (Å²) in [4.78, 5) is 38.3. The molecule has 2 aliphatic rings. The van der Waals surface area contributed by atoms with Crippen LogP contribution in [0.4, 0.5) is 5.82 Å². The van der Waals surface area contributed by atoms with Crippen LogP contribution in [0.5, 0.6) is 0 Å². The Bertz CT molecular complexity index is 1500. The lowest BCUT2D eigenvalue weighted by Gasteiger charge is -2.22. The fourth-order valence-electron chi connectivity index (χ4n) is 4.43. The number of thiol groups is 1. The van der Waals surface area contributed by atoms with Crippen LogP contribution in [-0.2, 0) is 23.1 Å². The molecule has 3 aromatic rings. The van der Waals surface area contributed by atoms with Crippen LogP contribution in [-0.4, -0.2) is 76.9 Å². The molecule has 0 saturated carbocycles. The van der Waals surface area contributed by atoms with Crippen LogP contribution < -0.4 is 17.0 Å². The predicted molar refractivity (Wildman–Crippen MR) is 133 cm³/mol. The molecule has 5 rings (SSSR count). The lowest BCUT2D eigenvalue weighted by atomic mass is 10.2. The molecule has 0 amide bonds. The number of H-pyrrole nitrogens is 1. The fraction of sp³-hybridized carbons (Fsp3) is 0.550. The van der Waals surface area contributed by atoms with Gasteiger partial charge in [-0.15, -0.1) is 0 Å². The van der Waals surface area contributed by atoms with E-state index in [9.17, 15) is 24.4 Å². The molecule has 206 valence electrons. The van der Waals surface area contributed by atoms with E-state index < -0.39 is 61.5 Å². The van der Waals surface area contributed by atoms with Crippen LogP contribution in [0.2, 0.25) is 0 Å². The molecule has 5 N–H and O–H groups in total. The quantitative estimate of drug-likeness (QED) is 0.172. The number of hydrogen-bond donors (Lipinski definition) is 5. The molecule has 2 aliphatic heterocycles. The van der Waals surface area contributed by atoms with Crippen molar-refractivity contribution in [1.82, 2.24) is 29.1 Å². The summed E-state index contributed by atoms with van der Waals surface area (Å²) < 4.78 is 38.3. The summed E-state index contributed by atoms with van der Waals surface area (Å²) >= 11 is 4.03. The van der Waals surface area contributed by atoms with Gasteiger partial charge in [0, 0.05) is 24.6 Å². The lowest BCUT2D eigenvalue weighted by molar-refractivity contribution is -0.0498. The number of ether oxygens (including phenoxy) is 2. The Labute approximate surface area is 219 Å². The van der Waals surface area contributed by atoms with E-state index in [1.165, 1.54) is 25.8 Å². The number of aryl methyl sites for hydroxylation is 1. The number of nitrogens with one attached hydrogen (secondary N) is 1. The minimum Gasteiger partial charge on any atom is -0.394 e. The minimum absolute atomic E-state index is 0.0217. The maximum absolute atomic E-state index is 13.0. The van der Waals surface area contributed by atoms with Gasteiger partial charge in [-0.1, -0.05) is 12.2 Å². The Morgan fingerprint density at radius 2 is 1.95 bits per heavy atom. The Morgan fingerprint density at radius 3 is 2.71 bits per heavy atom. The molecule has 7 atom stereocenters. The van der Waals surface area contributed by atoms with E-state index in [2.05, 4.69) is 32.2 Å². The van der Waals surface area contributed by atoms with Gasteiger partial charge in [-0.05, 0) is 6.92 Å². The molecule has 2 saturated heterocycles. The van der Waals surface area contributed by atoms with Gasteiger partial charge in [0.2, 0.25) is 0 Å². The maximum Gasteiger partial charge on any atom is 0.386 e. The first-order valence-corrected chi connectivity index (χ1v) is 14.3. The third-order valence-electron chi connectivity index (χ3n) is 6.39. The van der Waals surface area contributed by atoms with Crippen LogP contribution >= 0.6 is 19.0 Å². The van der Waals surface area contributed by atoms with E-state index in [-0.39, 0.29) is 30.8 Å². The SMILES string of the molecule is Cc1cn([C@H]2C[C@@H](OP(=O)(S)OC[C@H]3O[C@@H](n4cnc5c(N)ncnc54)C[C@H]3O)[C@@H](CO)O2)c(=O)[nH]c1=O. The number of nitrogen functional groups attached to an aromatic ring is 1. The molecule has 2 fully saturated rings. The zero-order valence-electron chi connectivity index (χ0n) is 20.0. The molecule has 0 radical (unpaired) electrons. The number of aliphatic hydroxyl groups is 2. The number of hydrogen-bond acceptors (Lipinski definition) is 13. The van der Waals surface area contributed by atoms with Crippen LogP contribution in [0.15, 0.2) is 28.4 Å². The number of imidazole rings is 1. The molecule has 18 heteroatoms. The van der Waals surface area contributed by atoms with Crippen molar-refractivity contribution >= 4 is 36.0 Å². The molecule has 0 aliphatic carbocycles. The molecule has 0 spiro atoms. The number of anilines is 1. The van der Waals surface area contributed by atoms with E-state index in [0.717, 1.165) is 4.57 Å². The zero-order chi connectivity index (χ0) is 27.2. The van der Waals surface area contributed by atoms with Crippen molar-refractivity contribution in [2.45, 2.75) is 56.6 Å². The van der Waals surface area contributed by atoms with Gasteiger partial charge in [-0.3, -0.25) is 28.0 Å². The second-order valence-corrected chi connectivity index (χ2v) is 11.8. The Hall–Kier alpha value is -2.63. The summed E-state index contributed by atoms with van der Waals surface area (Å²) in [6, 6.07) is 0. The summed E-state index contributed by atoms with van der Waals surface area (Å²) in [7, 11) is 0. The van der Waals surface area contributed by atoms with E-state index in [1.807, 2.05) is 0 Å². The van der Waals surface area contributed by atoms with Gasteiger partial charge in [-0.2, -0.15) is 0 Å². The van der Waals surface area contributed by atoms with E-state index in [4.69, 9.17) is 24.3 Å². The number of aliphatic hydroxyl groups excluding tert-OH is 2. The normalized spacial score (nSPS) is 29.2. The third-order valence-corrected chi connectivity index (χ3v) is 8.03. The minimum atomic E-state index is -4.03. The van der Waals surface area contributed by atoms with E-state index in [1.54, 1.807) is 4.57 Å². The standard InChI is InChI=1S/C20H26N7O9PS/c1-9-4-26(20(31)25-19(9)30)15-3-11(12(5-28)34-15)36-37(32,38)33-6-13-10(29)2-14(35-13)27-8-24-16-17(21)22-7-23-18(16)27/h4,7-8,10-15,28-29H,2-3,5-6H2,1H3,(H,32,38)(H2,21,22,23)(H,25,30,31)/t10-,11-,12-,13-,14-,15-,37?/m1/s1. The average Bonchev–Trinajstić information content (AvgIpc) is 3.57. The van der Waals surface area contributed by atoms with Crippen molar-refractivity contribution in [1.29, 1.82) is 0 Å². The number of nitrogens with two attached hydrogens (primary N) is 1. The zero-order valence-corrected chi connectivity index (χ0v) is 21.8. The lowest BCUT2D eigenvalue weighted by Crippen LogP contribution is -2.33. The molecule has 16 nitrogen and oxygen atoms in total. The van der Waals surface area contributed by atoms with Crippen LogP contribution in [0.1, 0.15) is 30.9 Å². The van der Waals surface area contributed by atoms with Crippen molar-refractivity contribution in [3.05, 3.63) is 45.3 Å². The number of aromatic amines is 1. The monoisotopic (exact) mass is 571 g/mol. The van der Waals surface area contributed by atoms with Crippen molar-refractivity contribution in [2.75, 3.05) is 18.9 Å². The summed E-state index contributed by atoms with van der Waals surface area (Å²) in [5.41, 5.74) is 5.71. The van der Waals surface area contributed by atoms with Gasteiger partial charge in [0.05, 0.1) is 25.6 Å². The van der Waals surface area contributed by atoms with Crippen molar-refractivity contribution in [3.63, 3.8) is 0 Å². The number of rotatable bonds is 8. The van der Waals surface area contributed by atoms with Gasteiger partial charge >= 0.3 is 12.5 Å². The van der Waals surface area contributed by atoms with Crippen LogP contribution in [0.25, 0.3) is 11.2 Å².